The van der Waals surface area contributed by atoms with E-state index in [1.807, 2.05) is 35.8 Å². The van der Waals surface area contributed by atoms with E-state index < -0.39 is 0 Å². The van der Waals surface area contributed by atoms with Crippen LogP contribution in [-0.4, -0.2) is 22.0 Å². The lowest BCUT2D eigenvalue weighted by molar-refractivity contribution is -0.120. The molecule has 0 aliphatic rings. The molecule has 0 bridgehead atoms. The smallest absolute Gasteiger partial charge is 0.219 e. The molecule has 0 spiro atoms. The Morgan fingerprint density at radius 2 is 2.04 bits per heavy atom. The second kappa shape index (κ2) is 8.32. The normalized spacial score (nSPS) is 11.0. The van der Waals surface area contributed by atoms with Crippen molar-refractivity contribution in [1.29, 1.82) is 0 Å². The Morgan fingerprint density at radius 1 is 1.23 bits per heavy atom. The Kier molecular flexibility index (Phi) is 5.89. The third-order valence-corrected chi connectivity index (χ3v) is 4.69. The maximum absolute atomic E-state index is 14.2. The van der Waals surface area contributed by atoms with E-state index in [1.165, 1.54) is 6.07 Å². The maximum Gasteiger partial charge on any atom is 0.219 e. The first-order chi connectivity index (χ1) is 12.6. The highest BCUT2D eigenvalue weighted by Gasteiger charge is 2.14. The van der Waals surface area contributed by atoms with Gasteiger partial charge in [-0.2, -0.15) is 0 Å². The molecule has 1 aromatic heterocycles. The molecule has 0 aliphatic heterocycles. The van der Waals surface area contributed by atoms with Gasteiger partial charge in [-0.3, -0.25) is 4.79 Å². The number of fused-ring (bicyclic) bond motifs is 1. The Bertz CT molecular complexity index is 902. The first-order valence-corrected chi connectivity index (χ1v) is 9.11. The summed E-state index contributed by atoms with van der Waals surface area (Å²) in [5.41, 5.74) is 2.27. The summed E-state index contributed by atoms with van der Waals surface area (Å²) in [6, 6.07) is 12.5. The van der Waals surface area contributed by atoms with Crippen LogP contribution in [-0.2, 0) is 17.8 Å². The van der Waals surface area contributed by atoms with Gasteiger partial charge in [-0.05, 0) is 30.7 Å². The molecule has 0 unspecified atom stereocenters. The molecule has 2 aromatic carbocycles. The molecule has 1 heterocycles. The van der Waals surface area contributed by atoms with Crippen molar-refractivity contribution in [2.45, 2.75) is 32.7 Å². The number of aryl methyl sites for hydroxylation is 1. The minimum atomic E-state index is -0.323. The number of rotatable bonds is 7. The summed E-state index contributed by atoms with van der Waals surface area (Å²) in [5, 5.41) is 3.27. The molecule has 3 aromatic rings. The summed E-state index contributed by atoms with van der Waals surface area (Å²) in [6.45, 7) is 2.74. The van der Waals surface area contributed by atoms with E-state index in [0.29, 0.717) is 36.5 Å². The number of hydrogen-bond donors (Lipinski definition) is 1. The van der Waals surface area contributed by atoms with Crippen molar-refractivity contribution >= 4 is 28.5 Å². The van der Waals surface area contributed by atoms with Crippen LogP contribution in [0.3, 0.4) is 0 Å². The summed E-state index contributed by atoms with van der Waals surface area (Å²) < 4.78 is 16.2. The monoisotopic (exact) mass is 373 g/mol. The number of halogens is 2. The highest BCUT2D eigenvalue weighted by molar-refractivity contribution is 6.31. The van der Waals surface area contributed by atoms with Crippen molar-refractivity contribution in [1.82, 2.24) is 14.9 Å². The molecule has 3 rings (SSSR count). The fraction of sp³-hybridized carbons (Fsp3) is 0.300. The molecule has 1 N–H and O–H groups in total. The molecule has 0 atom stereocenters. The molecule has 0 saturated heterocycles. The van der Waals surface area contributed by atoms with Crippen molar-refractivity contribution in [3.05, 3.63) is 64.7 Å². The van der Waals surface area contributed by atoms with E-state index in [4.69, 9.17) is 11.6 Å². The molecule has 1 amide bonds. The summed E-state index contributed by atoms with van der Waals surface area (Å²) in [4.78, 5) is 16.0. The Hall–Kier alpha value is -2.40. The largest absolute Gasteiger partial charge is 0.356 e. The van der Waals surface area contributed by atoms with Crippen molar-refractivity contribution in [3.8, 4) is 0 Å². The third kappa shape index (κ3) is 4.05. The number of para-hydroxylation sites is 2. The number of imidazole rings is 1. The van der Waals surface area contributed by atoms with E-state index in [-0.39, 0.29) is 11.7 Å². The van der Waals surface area contributed by atoms with Gasteiger partial charge in [-0.15, -0.1) is 0 Å². The Morgan fingerprint density at radius 3 is 2.81 bits per heavy atom. The zero-order valence-corrected chi connectivity index (χ0v) is 15.4. The van der Waals surface area contributed by atoms with Gasteiger partial charge in [0.15, 0.2) is 0 Å². The van der Waals surface area contributed by atoms with E-state index >= 15 is 0 Å². The Labute approximate surface area is 157 Å². The number of carbonyl (C=O) groups excluding carboxylic acids is 1. The van der Waals surface area contributed by atoms with Crippen LogP contribution in [0.1, 0.15) is 31.2 Å². The van der Waals surface area contributed by atoms with Crippen molar-refractivity contribution < 1.29 is 9.18 Å². The van der Waals surface area contributed by atoms with Gasteiger partial charge in [0, 0.05) is 30.0 Å². The number of nitrogens with zero attached hydrogens (tertiary/aromatic N) is 2. The summed E-state index contributed by atoms with van der Waals surface area (Å²) in [5.74, 6) is 0.573. The quantitative estimate of drug-likeness (QED) is 0.626. The molecular weight excluding hydrogens is 353 g/mol. The van der Waals surface area contributed by atoms with Crippen LogP contribution < -0.4 is 5.32 Å². The second-order valence-electron chi connectivity index (χ2n) is 6.11. The average Bonchev–Trinajstić information content (AvgIpc) is 2.99. The van der Waals surface area contributed by atoms with Crippen LogP contribution in [0.5, 0.6) is 0 Å². The fourth-order valence-corrected chi connectivity index (χ4v) is 3.16. The number of hydrogen-bond acceptors (Lipinski definition) is 2. The predicted molar refractivity (Wildman–Crippen MR) is 102 cm³/mol. The van der Waals surface area contributed by atoms with E-state index in [2.05, 4.69) is 10.3 Å². The summed E-state index contributed by atoms with van der Waals surface area (Å²) >= 11 is 6.21. The Balaban J connectivity index is 1.86. The topological polar surface area (TPSA) is 46.9 Å². The van der Waals surface area contributed by atoms with Crippen molar-refractivity contribution in [2.24, 2.45) is 0 Å². The van der Waals surface area contributed by atoms with Gasteiger partial charge in [-0.1, -0.05) is 36.7 Å². The first-order valence-electron chi connectivity index (χ1n) is 8.74. The second-order valence-corrected chi connectivity index (χ2v) is 6.52. The molecule has 6 heteroatoms. The fourth-order valence-electron chi connectivity index (χ4n) is 2.93. The third-order valence-electron chi connectivity index (χ3n) is 4.33. The van der Waals surface area contributed by atoms with Gasteiger partial charge in [0.25, 0.3) is 0 Å². The summed E-state index contributed by atoms with van der Waals surface area (Å²) in [7, 11) is 0. The van der Waals surface area contributed by atoms with E-state index in [9.17, 15) is 9.18 Å². The molecule has 0 fully saturated rings. The van der Waals surface area contributed by atoms with Crippen LogP contribution in [0, 0.1) is 5.82 Å². The number of benzene rings is 2. The lowest BCUT2D eigenvalue weighted by Crippen LogP contribution is -2.23. The van der Waals surface area contributed by atoms with Gasteiger partial charge < -0.3 is 9.88 Å². The predicted octanol–water partition coefficient (Wildman–Crippen LogP) is 4.34. The van der Waals surface area contributed by atoms with Crippen molar-refractivity contribution in [3.63, 3.8) is 0 Å². The molecule has 0 saturated carbocycles. The highest BCUT2D eigenvalue weighted by Crippen LogP contribution is 2.24. The zero-order chi connectivity index (χ0) is 18.5. The molecular formula is C20H21ClFN3O. The number of aromatic nitrogens is 2. The number of nitrogens with one attached hydrogen (secondary N) is 1. The van der Waals surface area contributed by atoms with Crippen LogP contribution in [0.2, 0.25) is 5.02 Å². The average molecular weight is 374 g/mol. The van der Waals surface area contributed by atoms with E-state index in [0.717, 1.165) is 23.3 Å². The lowest BCUT2D eigenvalue weighted by atomic mass is 10.2. The minimum Gasteiger partial charge on any atom is -0.356 e. The standard InChI is InChI=1S/C20H21ClFN3O/c1-2-20(26)23-12-6-11-19-24-17-9-3-4-10-18(17)25(19)13-14-15(21)7-5-8-16(14)22/h3-5,7-10H,2,6,11-13H2,1H3,(H,23,26). The van der Waals surface area contributed by atoms with Crippen molar-refractivity contribution in [2.75, 3.05) is 6.54 Å². The minimum absolute atomic E-state index is 0.0386. The first kappa shape index (κ1) is 18.4. The molecule has 0 radical (unpaired) electrons. The van der Waals surface area contributed by atoms with E-state index in [1.54, 1.807) is 12.1 Å². The van der Waals surface area contributed by atoms with Gasteiger partial charge in [-0.25, -0.2) is 9.37 Å². The van der Waals surface area contributed by atoms with Gasteiger partial charge in [0.1, 0.15) is 11.6 Å². The van der Waals surface area contributed by atoms with Crippen LogP contribution in [0.15, 0.2) is 42.5 Å². The zero-order valence-electron chi connectivity index (χ0n) is 14.6. The number of amides is 1. The molecule has 26 heavy (non-hydrogen) atoms. The maximum atomic E-state index is 14.2. The highest BCUT2D eigenvalue weighted by atomic mass is 35.5. The molecule has 4 nitrogen and oxygen atoms in total. The lowest BCUT2D eigenvalue weighted by Gasteiger charge is -2.12. The SMILES string of the molecule is CCC(=O)NCCCc1nc2ccccc2n1Cc1c(F)cccc1Cl. The van der Waals surface area contributed by atoms with Gasteiger partial charge in [0.05, 0.1) is 17.6 Å². The van der Waals surface area contributed by atoms with Gasteiger partial charge in [0.2, 0.25) is 5.91 Å². The molecule has 0 aliphatic carbocycles. The molecule has 136 valence electrons. The summed E-state index contributed by atoms with van der Waals surface area (Å²) in [6.07, 6.45) is 1.93. The van der Waals surface area contributed by atoms with Gasteiger partial charge >= 0.3 is 0 Å². The van der Waals surface area contributed by atoms with Crippen LogP contribution >= 0.6 is 11.6 Å². The van der Waals surface area contributed by atoms with Crippen LogP contribution in [0.4, 0.5) is 4.39 Å². The van der Waals surface area contributed by atoms with Crippen LogP contribution in [0.25, 0.3) is 11.0 Å². The number of carbonyl (C=O) groups is 1.